The molecule has 0 saturated carbocycles. The highest BCUT2D eigenvalue weighted by Gasteiger charge is 2.02. The number of nitrogens with one attached hydrogen (secondary N) is 1. The maximum atomic E-state index is 4.75. The lowest BCUT2D eigenvalue weighted by atomic mass is 10.3. The lowest BCUT2D eigenvalue weighted by molar-refractivity contribution is 0.408. The topological polar surface area (TPSA) is 38.1 Å². The maximum absolute atomic E-state index is 4.75. The quantitative estimate of drug-likeness (QED) is 0.939. The second-order valence-corrected chi connectivity index (χ2v) is 5.72. The van der Waals surface area contributed by atoms with Crippen LogP contribution in [0.1, 0.15) is 16.1 Å². The Balaban J connectivity index is 1.83. The van der Waals surface area contributed by atoms with Crippen molar-refractivity contribution in [3.05, 3.63) is 38.3 Å². The van der Waals surface area contributed by atoms with E-state index in [9.17, 15) is 0 Å². The average Bonchev–Trinajstić information content (AvgIpc) is 2.79. The molecule has 1 N–H and O–H groups in total. The van der Waals surface area contributed by atoms with Gasteiger partial charge in [-0.25, -0.2) is 0 Å². The van der Waals surface area contributed by atoms with Crippen molar-refractivity contribution in [2.24, 2.45) is 0 Å². The van der Waals surface area contributed by atoms with E-state index in [4.69, 9.17) is 4.52 Å². The Morgan fingerprint density at radius 1 is 1.53 bits per heavy atom. The van der Waals surface area contributed by atoms with Gasteiger partial charge in [0, 0.05) is 24.0 Å². The third-order valence-electron chi connectivity index (χ3n) is 2.00. The van der Waals surface area contributed by atoms with Gasteiger partial charge in [0.15, 0.2) is 0 Å². The van der Waals surface area contributed by atoms with Crippen LogP contribution in [0.3, 0.4) is 0 Å². The molecule has 2 rings (SSSR count). The van der Waals surface area contributed by atoms with Gasteiger partial charge < -0.3 is 9.84 Å². The van der Waals surface area contributed by atoms with Crippen molar-refractivity contribution in [1.82, 2.24) is 10.5 Å². The number of rotatable bonds is 4. The van der Waals surface area contributed by atoms with E-state index in [0.29, 0.717) is 0 Å². The highest BCUT2D eigenvalue weighted by molar-refractivity contribution is 9.11. The van der Waals surface area contributed by atoms with Gasteiger partial charge in [0.25, 0.3) is 0 Å². The molecular weight excluding hydrogens is 276 g/mol. The Hall–Kier alpha value is -0.650. The summed E-state index contributed by atoms with van der Waals surface area (Å²) in [6.07, 6.45) is 1.59. The molecule has 0 aliphatic carbocycles. The van der Waals surface area contributed by atoms with Gasteiger partial charge in [0.05, 0.1) is 9.48 Å². The first-order valence-corrected chi connectivity index (χ1v) is 6.21. The second kappa shape index (κ2) is 4.92. The van der Waals surface area contributed by atoms with E-state index in [1.54, 1.807) is 17.6 Å². The number of hydrogen-bond donors (Lipinski definition) is 1. The molecule has 0 amide bonds. The molecule has 0 aliphatic rings. The first-order valence-electron chi connectivity index (χ1n) is 4.60. The molecule has 0 fully saturated rings. The minimum Gasteiger partial charge on any atom is -0.364 e. The van der Waals surface area contributed by atoms with Gasteiger partial charge in [0.2, 0.25) is 0 Å². The van der Waals surface area contributed by atoms with Gasteiger partial charge in [-0.1, -0.05) is 5.16 Å². The monoisotopic (exact) mass is 286 g/mol. The molecule has 0 radical (unpaired) electrons. The fourth-order valence-electron chi connectivity index (χ4n) is 1.25. The zero-order valence-corrected chi connectivity index (χ0v) is 10.7. The third kappa shape index (κ3) is 2.90. The number of aryl methyl sites for hydroxylation is 1. The lowest BCUT2D eigenvalue weighted by Gasteiger charge is -1.98. The summed E-state index contributed by atoms with van der Waals surface area (Å²) in [6.45, 7) is 3.71. The van der Waals surface area contributed by atoms with Gasteiger partial charge in [-0.2, -0.15) is 0 Å². The zero-order chi connectivity index (χ0) is 10.7. The molecule has 2 heterocycles. The molecule has 0 spiro atoms. The molecule has 0 unspecified atom stereocenters. The maximum Gasteiger partial charge on any atom is 0.124 e. The largest absolute Gasteiger partial charge is 0.364 e. The van der Waals surface area contributed by atoms with E-state index in [-0.39, 0.29) is 0 Å². The summed E-state index contributed by atoms with van der Waals surface area (Å²) in [6, 6.07) is 4.05. The highest BCUT2D eigenvalue weighted by atomic mass is 79.9. The lowest BCUT2D eigenvalue weighted by Crippen LogP contribution is -2.11. The van der Waals surface area contributed by atoms with E-state index in [1.165, 1.54) is 14.2 Å². The van der Waals surface area contributed by atoms with E-state index < -0.39 is 0 Å². The number of hydrogen-bond acceptors (Lipinski definition) is 4. The smallest absolute Gasteiger partial charge is 0.124 e. The van der Waals surface area contributed by atoms with Gasteiger partial charge in [-0.3, -0.25) is 0 Å². The van der Waals surface area contributed by atoms with Crippen LogP contribution in [0.4, 0.5) is 0 Å². The molecule has 0 aliphatic heterocycles. The van der Waals surface area contributed by atoms with Crippen molar-refractivity contribution in [2.45, 2.75) is 20.0 Å². The summed E-state index contributed by atoms with van der Waals surface area (Å²) < 4.78 is 5.95. The van der Waals surface area contributed by atoms with E-state index in [2.05, 4.69) is 39.4 Å². The van der Waals surface area contributed by atoms with Crippen LogP contribution >= 0.6 is 27.3 Å². The summed E-state index contributed by atoms with van der Waals surface area (Å²) in [4.78, 5) is 1.32. The Morgan fingerprint density at radius 2 is 2.40 bits per heavy atom. The van der Waals surface area contributed by atoms with Crippen LogP contribution in [0.5, 0.6) is 0 Å². The Labute approximate surface area is 101 Å². The fourth-order valence-corrected chi connectivity index (χ4v) is 2.85. The normalized spacial score (nSPS) is 10.8. The predicted molar refractivity (Wildman–Crippen MR) is 63.8 cm³/mol. The molecular formula is C10H11BrN2OS. The highest BCUT2D eigenvalue weighted by Crippen LogP contribution is 2.27. The van der Waals surface area contributed by atoms with Gasteiger partial charge in [-0.15, -0.1) is 11.3 Å². The Kier molecular flexibility index (Phi) is 3.56. The third-order valence-corrected chi connectivity index (χ3v) is 4.14. The summed E-state index contributed by atoms with van der Waals surface area (Å²) in [7, 11) is 0. The molecule has 2 aromatic rings. The standard InChI is InChI=1S/C10H11BrN2OS/c1-7-4-9(15-10(7)11)6-12-5-8-2-3-14-13-8/h2-4,12H,5-6H2,1H3. The van der Waals surface area contributed by atoms with Gasteiger partial charge in [-0.05, 0) is 34.5 Å². The van der Waals surface area contributed by atoms with Crippen molar-refractivity contribution >= 4 is 27.3 Å². The zero-order valence-electron chi connectivity index (χ0n) is 8.29. The first-order chi connectivity index (χ1) is 7.25. The van der Waals surface area contributed by atoms with Crippen molar-refractivity contribution < 1.29 is 4.52 Å². The first kappa shape index (κ1) is 10.9. The van der Waals surface area contributed by atoms with Crippen LogP contribution in [0.2, 0.25) is 0 Å². The SMILES string of the molecule is Cc1cc(CNCc2ccon2)sc1Br. The summed E-state index contributed by atoms with van der Waals surface area (Å²) in [5, 5.41) is 7.14. The Morgan fingerprint density at radius 3 is 3.00 bits per heavy atom. The molecule has 0 bridgehead atoms. The molecule has 5 heteroatoms. The molecule has 80 valence electrons. The summed E-state index contributed by atoms with van der Waals surface area (Å²) >= 11 is 5.27. The van der Waals surface area contributed by atoms with Crippen LogP contribution in [-0.2, 0) is 13.1 Å². The van der Waals surface area contributed by atoms with Crippen molar-refractivity contribution in [3.8, 4) is 0 Å². The molecule has 2 aromatic heterocycles. The number of halogens is 1. The van der Waals surface area contributed by atoms with Crippen molar-refractivity contribution in [3.63, 3.8) is 0 Å². The molecule has 15 heavy (non-hydrogen) atoms. The minimum atomic E-state index is 0.741. The van der Waals surface area contributed by atoms with Crippen LogP contribution in [0.15, 0.2) is 26.7 Å². The van der Waals surface area contributed by atoms with E-state index in [1.807, 2.05) is 6.07 Å². The number of aromatic nitrogens is 1. The van der Waals surface area contributed by atoms with Gasteiger partial charge >= 0.3 is 0 Å². The molecule has 0 aromatic carbocycles. The van der Waals surface area contributed by atoms with Crippen LogP contribution < -0.4 is 5.32 Å². The summed E-state index contributed by atoms with van der Waals surface area (Å²) in [5.74, 6) is 0. The molecule has 0 saturated heterocycles. The van der Waals surface area contributed by atoms with Crippen molar-refractivity contribution in [1.29, 1.82) is 0 Å². The minimum absolute atomic E-state index is 0.741. The second-order valence-electron chi connectivity index (χ2n) is 3.26. The van der Waals surface area contributed by atoms with Crippen LogP contribution in [0.25, 0.3) is 0 Å². The average molecular weight is 287 g/mol. The van der Waals surface area contributed by atoms with Crippen LogP contribution in [0, 0.1) is 6.92 Å². The summed E-state index contributed by atoms with van der Waals surface area (Å²) in [5.41, 5.74) is 2.22. The number of nitrogens with zero attached hydrogens (tertiary/aromatic N) is 1. The number of thiophene rings is 1. The van der Waals surface area contributed by atoms with E-state index in [0.717, 1.165) is 18.8 Å². The van der Waals surface area contributed by atoms with E-state index >= 15 is 0 Å². The molecule has 0 atom stereocenters. The van der Waals surface area contributed by atoms with Gasteiger partial charge in [0.1, 0.15) is 6.26 Å². The molecule has 3 nitrogen and oxygen atoms in total. The Bertz CT molecular complexity index is 405. The fraction of sp³-hybridized carbons (Fsp3) is 0.300. The van der Waals surface area contributed by atoms with Crippen molar-refractivity contribution in [2.75, 3.05) is 0 Å². The van der Waals surface area contributed by atoms with Crippen LogP contribution in [-0.4, -0.2) is 5.16 Å². The predicted octanol–water partition coefficient (Wildman–Crippen LogP) is 3.10.